The number of alkyl halides is 1. The number of carbonyl (C=O) groups is 1. The van der Waals surface area contributed by atoms with Gasteiger partial charge in [-0.15, -0.1) is 11.6 Å². The zero-order valence-electron chi connectivity index (χ0n) is 17.0. The lowest BCUT2D eigenvalue weighted by atomic mass is 9.76. The quantitative estimate of drug-likeness (QED) is 0.695. The fourth-order valence-electron chi connectivity index (χ4n) is 4.59. The summed E-state index contributed by atoms with van der Waals surface area (Å²) in [6, 6.07) is 5.88. The summed E-state index contributed by atoms with van der Waals surface area (Å²) in [6.07, 6.45) is 1.41. The molecule has 1 aliphatic carbocycles. The highest BCUT2D eigenvalue weighted by Gasteiger charge is 2.39. The van der Waals surface area contributed by atoms with E-state index in [9.17, 15) is 4.79 Å². The normalized spacial score (nSPS) is 16.6. The van der Waals surface area contributed by atoms with E-state index in [1.54, 1.807) is 28.4 Å². The second-order valence-corrected chi connectivity index (χ2v) is 7.38. The predicted molar refractivity (Wildman–Crippen MR) is 111 cm³/mol. The molecule has 4 rings (SSSR count). The van der Waals surface area contributed by atoms with Gasteiger partial charge in [-0.1, -0.05) is 0 Å². The van der Waals surface area contributed by atoms with Gasteiger partial charge in [-0.3, -0.25) is 4.79 Å². The van der Waals surface area contributed by atoms with Gasteiger partial charge in [0.05, 0.1) is 34.5 Å². The Morgan fingerprint density at radius 2 is 1.66 bits per heavy atom. The van der Waals surface area contributed by atoms with Gasteiger partial charge in [0.25, 0.3) is 0 Å². The van der Waals surface area contributed by atoms with Crippen LogP contribution in [-0.4, -0.2) is 51.7 Å². The van der Waals surface area contributed by atoms with E-state index in [4.69, 9.17) is 30.5 Å². The van der Waals surface area contributed by atoms with E-state index in [1.165, 1.54) is 5.56 Å². The monoisotopic (exact) mass is 417 g/mol. The SMILES string of the molecule is COc1cc2c(cc1OC)-c1c(OC)c(OC)cc3c1C(C2)N(C(=O)CCl)CC3. The average Bonchev–Trinajstić information content (AvgIpc) is 2.77. The van der Waals surface area contributed by atoms with Gasteiger partial charge < -0.3 is 23.8 Å². The molecule has 6 nitrogen and oxygen atoms in total. The third kappa shape index (κ3) is 2.97. The van der Waals surface area contributed by atoms with Crippen molar-refractivity contribution in [3.63, 3.8) is 0 Å². The Bertz CT molecular complexity index is 974. The van der Waals surface area contributed by atoms with Crippen LogP contribution in [0.2, 0.25) is 0 Å². The van der Waals surface area contributed by atoms with Crippen LogP contribution in [-0.2, 0) is 17.6 Å². The minimum atomic E-state index is -0.106. The van der Waals surface area contributed by atoms with Crippen molar-refractivity contribution in [1.82, 2.24) is 4.90 Å². The number of carbonyl (C=O) groups excluding carboxylic acids is 1. The number of hydrogen-bond donors (Lipinski definition) is 0. The molecule has 1 aliphatic heterocycles. The number of rotatable bonds is 5. The molecule has 0 spiro atoms. The Hall–Kier alpha value is -2.60. The van der Waals surface area contributed by atoms with Crippen LogP contribution in [0.15, 0.2) is 18.2 Å². The van der Waals surface area contributed by atoms with Crippen LogP contribution >= 0.6 is 11.6 Å². The zero-order chi connectivity index (χ0) is 20.7. The molecule has 0 bridgehead atoms. The van der Waals surface area contributed by atoms with Crippen molar-refractivity contribution in [3.05, 3.63) is 34.9 Å². The molecule has 1 amide bonds. The molecule has 0 aromatic heterocycles. The van der Waals surface area contributed by atoms with Crippen LogP contribution in [0, 0.1) is 0 Å². The first-order valence-corrected chi connectivity index (χ1v) is 9.99. The Morgan fingerprint density at radius 3 is 2.28 bits per heavy atom. The number of nitrogens with zero attached hydrogens (tertiary/aromatic N) is 1. The number of ether oxygens (including phenoxy) is 4. The van der Waals surface area contributed by atoms with Crippen molar-refractivity contribution in [2.75, 3.05) is 40.9 Å². The third-order valence-electron chi connectivity index (χ3n) is 5.85. The summed E-state index contributed by atoms with van der Waals surface area (Å²) in [7, 11) is 6.51. The molecule has 0 saturated carbocycles. The molecule has 1 heterocycles. The van der Waals surface area contributed by atoms with E-state index in [0.717, 1.165) is 28.7 Å². The highest BCUT2D eigenvalue weighted by Crippen LogP contribution is 2.54. The highest BCUT2D eigenvalue weighted by molar-refractivity contribution is 6.27. The summed E-state index contributed by atoms with van der Waals surface area (Å²) in [5, 5.41) is 0. The number of methoxy groups -OCH3 is 4. The summed E-state index contributed by atoms with van der Waals surface area (Å²) in [5.74, 6) is 2.54. The molecule has 1 atom stereocenters. The minimum Gasteiger partial charge on any atom is -0.493 e. The smallest absolute Gasteiger partial charge is 0.238 e. The van der Waals surface area contributed by atoms with E-state index in [-0.39, 0.29) is 17.8 Å². The summed E-state index contributed by atoms with van der Waals surface area (Å²) in [4.78, 5) is 14.5. The Morgan fingerprint density at radius 1 is 1.00 bits per heavy atom. The standard InChI is InChI=1S/C22H24ClNO5/c1-26-16-9-13-7-15-20-12(5-6-24(15)19(25)11-23)8-18(28-3)22(29-4)21(20)14(13)10-17(16)27-2/h8-10,15H,5-7,11H2,1-4H3. The molecule has 0 saturated heterocycles. The van der Waals surface area contributed by atoms with Crippen LogP contribution in [0.1, 0.15) is 22.7 Å². The number of amides is 1. The second kappa shape index (κ2) is 7.67. The number of hydrogen-bond acceptors (Lipinski definition) is 5. The van der Waals surface area contributed by atoms with Crippen molar-refractivity contribution in [1.29, 1.82) is 0 Å². The Kier molecular flexibility index (Phi) is 5.21. The molecule has 0 N–H and O–H groups in total. The maximum atomic E-state index is 12.6. The predicted octanol–water partition coefficient (Wildman–Crippen LogP) is 3.61. The van der Waals surface area contributed by atoms with E-state index < -0.39 is 0 Å². The fraction of sp³-hybridized carbons (Fsp3) is 0.409. The van der Waals surface area contributed by atoms with Crippen molar-refractivity contribution >= 4 is 17.5 Å². The lowest BCUT2D eigenvalue weighted by molar-refractivity contribution is -0.131. The van der Waals surface area contributed by atoms with Crippen LogP contribution in [0.3, 0.4) is 0 Å². The first-order chi connectivity index (χ1) is 14.1. The second-order valence-electron chi connectivity index (χ2n) is 7.11. The lowest BCUT2D eigenvalue weighted by Gasteiger charge is -2.42. The van der Waals surface area contributed by atoms with Gasteiger partial charge in [0.2, 0.25) is 5.91 Å². The summed E-state index contributed by atoms with van der Waals surface area (Å²) in [6.45, 7) is 0.626. The number of fused-ring (bicyclic) bond motifs is 2. The van der Waals surface area contributed by atoms with Crippen LogP contribution in [0.5, 0.6) is 23.0 Å². The van der Waals surface area contributed by atoms with Gasteiger partial charge in [-0.25, -0.2) is 0 Å². The van der Waals surface area contributed by atoms with E-state index >= 15 is 0 Å². The maximum absolute atomic E-state index is 12.6. The third-order valence-corrected chi connectivity index (χ3v) is 6.08. The minimum absolute atomic E-state index is 0.0345. The molecule has 154 valence electrons. The molecule has 0 fully saturated rings. The van der Waals surface area contributed by atoms with Crippen molar-refractivity contribution in [2.45, 2.75) is 18.9 Å². The molecule has 2 aromatic carbocycles. The molecular weight excluding hydrogens is 394 g/mol. The van der Waals surface area contributed by atoms with Crippen molar-refractivity contribution in [3.8, 4) is 34.1 Å². The van der Waals surface area contributed by atoms with Gasteiger partial charge in [-0.05, 0) is 53.3 Å². The Balaban J connectivity index is 2.04. The van der Waals surface area contributed by atoms with Gasteiger partial charge in [0, 0.05) is 12.1 Å². The largest absolute Gasteiger partial charge is 0.493 e. The van der Waals surface area contributed by atoms with Gasteiger partial charge in [0.1, 0.15) is 5.88 Å². The maximum Gasteiger partial charge on any atom is 0.238 e. The first kappa shape index (κ1) is 19.7. The molecule has 2 aromatic rings. The van der Waals surface area contributed by atoms with Crippen LogP contribution < -0.4 is 18.9 Å². The summed E-state index contributed by atoms with van der Waals surface area (Å²) >= 11 is 5.91. The van der Waals surface area contributed by atoms with E-state index in [0.29, 0.717) is 36.0 Å². The fourth-order valence-corrected chi connectivity index (χ4v) is 4.74. The average molecular weight is 418 g/mol. The Labute approximate surface area is 175 Å². The van der Waals surface area contributed by atoms with Gasteiger partial charge in [0.15, 0.2) is 23.0 Å². The van der Waals surface area contributed by atoms with E-state index in [2.05, 4.69) is 0 Å². The van der Waals surface area contributed by atoms with Crippen molar-refractivity contribution in [2.24, 2.45) is 0 Å². The molecule has 2 aliphatic rings. The first-order valence-electron chi connectivity index (χ1n) is 9.46. The topological polar surface area (TPSA) is 57.2 Å². The van der Waals surface area contributed by atoms with Crippen LogP contribution in [0.25, 0.3) is 11.1 Å². The van der Waals surface area contributed by atoms with Gasteiger partial charge >= 0.3 is 0 Å². The summed E-state index contributed by atoms with van der Waals surface area (Å²) in [5.41, 5.74) is 5.29. The molecule has 7 heteroatoms. The van der Waals surface area contributed by atoms with Crippen LogP contribution in [0.4, 0.5) is 0 Å². The molecule has 29 heavy (non-hydrogen) atoms. The summed E-state index contributed by atoms with van der Waals surface area (Å²) < 4.78 is 22.5. The zero-order valence-corrected chi connectivity index (χ0v) is 17.8. The molecular formula is C22H24ClNO5. The highest BCUT2D eigenvalue weighted by atomic mass is 35.5. The molecule has 0 radical (unpaired) electrons. The lowest BCUT2D eigenvalue weighted by Crippen LogP contribution is -2.43. The van der Waals surface area contributed by atoms with E-state index in [1.807, 2.05) is 23.1 Å². The molecule has 1 unspecified atom stereocenters. The number of halogens is 1. The van der Waals surface area contributed by atoms with Gasteiger partial charge in [-0.2, -0.15) is 0 Å². The number of benzene rings is 2. The van der Waals surface area contributed by atoms with Crippen molar-refractivity contribution < 1.29 is 23.7 Å².